The van der Waals surface area contributed by atoms with Gasteiger partial charge < -0.3 is 10.1 Å². The zero-order chi connectivity index (χ0) is 12.7. The standard InChI is InChI=1S/C15H23NO/c1-13-7-4-5-8-14(13)9-6-11-16-15(2,3)10-12-17/h4-5,7-8,12,16H,6,9-11H2,1-3H3. The number of nitrogens with one attached hydrogen (secondary N) is 1. The molecule has 0 radical (unpaired) electrons. The molecule has 0 saturated heterocycles. The number of carbonyl (C=O) groups excluding carboxylic acids is 1. The molecule has 17 heavy (non-hydrogen) atoms. The molecule has 0 heterocycles. The van der Waals surface area contributed by atoms with Gasteiger partial charge in [-0.3, -0.25) is 0 Å². The molecule has 1 rings (SSSR count). The fraction of sp³-hybridized carbons (Fsp3) is 0.533. The minimum Gasteiger partial charge on any atom is -0.311 e. The molecule has 0 atom stereocenters. The number of aldehydes is 1. The highest BCUT2D eigenvalue weighted by Crippen LogP contribution is 2.10. The maximum atomic E-state index is 10.5. The summed E-state index contributed by atoms with van der Waals surface area (Å²) in [6.45, 7) is 7.23. The van der Waals surface area contributed by atoms with Gasteiger partial charge in [0, 0.05) is 12.0 Å². The Morgan fingerprint density at radius 1 is 1.29 bits per heavy atom. The number of rotatable bonds is 7. The zero-order valence-corrected chi connectivity index (χ0v) is 11.1. The van der Waals surface area contributed by atoms with Gasteiger partial charge in [0.15, 0.2) is 0 Å². The Bertz CT molecular complexity index is 358. The van der Waals surface area contributed by atoms with Crippen LogP contribution in [-0.2, 0) is 11.2 Å². The summed E-state index contributed by atoms with van der Waals surface area (Å²) in [6, 6.07) is 8.50. The van der Waals surface area contributed by atoms with Crippen molar-refractivity contribution >= 4 is 6.29 Å². The molecule has 1 N–H and O–H groups in total. The third-order valence-electron chi connectivity index (χ3n) is 3.08. The third kappa shape index (κ3) is 5.14. The first-order valence-corrected chi connectivity index (χ1v) is 6.28. The molecule has 0 amide bonds. The van der Waals surface area contributed by atoms with Gasteiger partial charge in [0.2, 0.25) is 0 Å². The normalized spacial score (nSPS) is 11.5. The monoisotopic (exact) mass is 233 g/mol. The van der Waals surface area contributed by atoms with Crippen molar-refractivity contribution in [2.75, 3.05) is 6.54 Å². The van der Waals surface area contributed by atoms with Crippen molar-refractivity contribution in [2.24, 2.45) is 0 Å². The molecule has 0 fully saturated rings. The predicted octanol–water partition coefficient (Wildman–Crippen LogP) is 2.88. The van der Waals surface area contributed by atoms with Crippen LogP contribution in [0.25, 0.3) is 0 Å². The molecule has 0 aliphatic carbocycles. The van der Waals surface area contributed by atoms with Gasteiger partial charge in [0.1, 0.15) is 6.29 Å². The summed E-state index contributed by atoms with van der Waals surface area (Å²) in [5.41, 5.74) is 2.70. The molecule has 2 nitrogen and oxygen atoms in total. The van der Waals surface area contributed by atoms with Crippen LogP contribution in [0, 0.1) is 6.92 Å². The fourth-order valence-corrected chi connectivity index (χ4v) is 1.88. The summed E-state index contributed by atoms with van der Waals surface area (Å²) in [4.78, 5) is 10.5. The van der Waals surface area contributed by atoms with Gasteiger partial charge in [-0.25, -0.2) is 0 Å². The van der Waals surface area contributed by atoms with Crippen LogP contribution < -0.4 is 5.32 Å². The molecule has 0 aliphatic heterocycles. The average molecular weight is 233 g/mol. The van der Waals surface area contributed by atoms with Crippen molar-refractivity contribution in [3.05, 3.63) is 35.4 Å². The largest absolute Gasteiger partial charge is 0.311 e. The Morgan fingerprint density at radius 2 is 2.00 bits per heavy atom. The lowest BCUT2D eigenvalue weighted by atomic mass is 10.0. The topological polar surface area (TPSA) is 29.1 Å². The van der Waals surface area contributed by atoms with Crippen LogP contribution in [0.15, 0.2) is 24.3 Å². The average Bonchev–Trinajstić information content (AvgIpc) is 2.26. The third-order valence-corrected chi connectivity index (χ3v) is 3.08. The Balaban J connectivity index is 2.29. The van der Waals surface area contributed by atoms with E-state index in [-0.39, 0.29) is 5.54 Å². The highest BCUT2D eigenvalue weighted by Gasteiger charge is 2.15. The van der Waals surface area contributed by atoms with Crippen LogP contribution in [0.1, 0.15) is 37.8 Å². The van der Waals surface area contributed by atoms with Crippen LogP contribution in [0.4, 0.5) is 0 Å². The van der Waals surface area contributed by atoms with Gasteiger partial charge in [-0.2, -0.15) is 0 Å². The Kier molecular flexibility index (Phi) is 5.36. The predicted molar refractivity (Wildman–Crippen MR) is 72.3 cm³/mol. The van der Waals surface area contributed by atoms with Crippen molar-refractivity contribution in [3.63, 3.8) is 0 Å². The lowest BCUT2D eigenvalue weighted by molar-refractivity contribution is -0.108. The van der Waals surface area contributed by atoms with Crippen LogP contribution in [0.2, 0.25) is 0 Å². The number of aryl methyl sites for hydroxylation is 2. The van der Waals surface area contributed by atoms with Crippen LogP contribution in [-0.4, -0.2) is 18.4 Å². The summed E-state index contributed by atoms with van der Waals surface area (Å²) in [6.07, 6.45) is 3.75. The Hall–Kier alpha value is -1.15. The smallest absolute Gasteiger partial charge is 0.121 e. The van der Waals surface area contributed by atoms with Gasteiger partial charge in [0.05, 0.1) is 0 Å². The molecule has 1 aromatic rings. The number of hydrogen-bond acceptors (Lipinski definition) is 2. The van der Waals surface area contributed by atoms with Gasteiger partial charge >= 0.3 is 0 Å². The molecular weight excluding hydrogens is 210 g/mol. The second-order valence-electron chi connectivity index (χ2n) is 5.21. The fourth-order valence-electron chi connectivity index (χ4n) is 1.88. The number of hydrogen-bond donors (Lipinski definition) is 1. The lowest BCUT2D eigenvalue weighted by Crippen LogP contribution is -2.40. The molecule has 0 bridgehead atoms. The first-order chi connectivity index (χ1) is 8.05. The maximum absolute atomic E-state index is 10.5. The van der Waals surface area contributed by atoms with E-state index in [1.165, 1.54) is 11.1 Å². The highest BCUT2D eigenvalue weighted by molar-refractivity contribution is 5.51. The van der Waals surface area contributed by atoms with Crippen LogP contribution >= 0.6 is 0 Å². The molecule has 0 saturated carbocycles. The maximum Gasteiger partial charge on any atom is 0.121 e. The van der Waals surface area contributed by atoms with Gasteiger partial charge in [-0.05, 0) is 51.3 Å². The molecule has 94 valence electrons. The lowest BCUT2D eigenvalue weighted by Gasteiger charge is -2.23. The Labute approximate surface area is 104 Å². The minimum absolute atomic E-state index is 0.0759. The number of carbonyl (C=O) groups is 1. The molecule has 0 spiro atoms. The van der Waals surface area contributed by atoms with E-state index < -0.39 is 0 Å². The van der Waals surface area contributed by atoms with Crippen molar-refractivity contribution in [1.82, 2.24) is 5.32 Å². The van der Waals surface area contributed by atoms with E-state index in [0.29, 0.717) is 6.42 Å². The first kappa shape index (κ1) is 13.9. The molecule has 0 aromatic heterocycles. The van der Waals surface area contributed by atoms with E-state index >= 15 is 0 Å². The van der Waals surface area contributed by atoms with Crippen molar-refractivity contribution < 1.29 is 4.79 Å². The summed E-state index contributed by atoms with van der Waals surface area (Å²) in [5, 5.41) is 3.42. The van der Waals surface area contributed by atoms with E-state index in [2.05, 4.69) is 50.4 Å². The second-order valence-corrected chi connectivity index (χ2v) is 5.21. The van der Waals surface area contributed by atoms with E-state index in [9.17, 15) is 4.79 Å². The van der Waals surface area contributed by atoms with Crippen LogP contribution in [0.3, 0.4) is 0 Å². The summed E-state index contributed by atoms with van der Waals surface area (Å²) < 4.78 is 0. The van der Waals surface area contributed by atoms with Gasteiger partial charge in [-0.1, -0.05) is 24.3 Å². The van der Waals surface area contributed by atoms with E-state index in [4.69, 9.17) is 0 Å². The summed E-state index contributed by atoms with van der Waals surface area (Å²) in [5.74, 6) is 0. The van der Waals surface area contributed by atoms with Crippen LogP contribution in [0.5, 0.6) is 0 Å². The van der Waals surface area contributed by atoms with E-state index in [1.807, 2.05) is 0 Å². The summed E-state index contributed by atoms with van der Waals surface area (Å²) in [7, 11) is 0. The van der Waals surface area contributed by atoms with Gasteiger partial charge in [0.25, 0.3) is 0 Å². The first-order valence-electron chi connectivity index (χ1n) is 6.28. The molecular formula is C15H23NO. The second kappa shape index (κ2) is 6.55. The molecule has 1 aromatic carbocycles. The SMILES string of the molecule is Cc1ccccc1CCCNC(C)(C)CC=O. The molecule has 2 heteroatoms. The highest BCUT2D eigenvalue weighted by atomic mass is 16.1. The minimum atomic E-state index is -0.0759. The Morgan fingerprint density at radius 3 is 2.65 bits per heavy atom. The molecule has 0 unspecified atom stereocenters. The van der Waals surface area contributed by atoms with E-state index in [1.54, 1.807) is 0 Å². The summed E-state index contributed by atoms with van der Waals surface area (Å²) >= 11 is 0. The van der Waals surface area contributed by atoms with E-state index in [0.717, 1.165) is 25.7 Å². The van der Waals surface area contributed by atoms with Gasteiger partial charge in [-0.15, -0.1) is 0 Å². The molecule has 0 aliphatic rings. The van der Waals surface area contributed by atoms with Crippen molar-refractivity contribution in [2.45, 2.75) is 45.6 Å². The van der Waals surface area contributed by atoms with Crippen molar-refractivity contribution in [1.29, 1.82) is 0 Å². The van der Waals surface area contributed by atoms with Crippen molar-refractivity contribution in [3.8, 4) is 0 Å². The number of benzene rings is 1. The zero-order valence-electron chi connectivity index (χ0n) is 11.1. The quantitative estimate of drug-likeness (QED) is 0.579.